The van der Waals surface area contributed by atoms with Gasteiger partial charge in [-0.3, -0.25) is 0 Å². The molecular formula is C13H26O4Si. The predicted molar refractivity (Wildman–Crippen MR) is 74.7 cm³/mol. The van der Waals surface area contributed by atoms with Crippen molar-refractivity contribution in [1.29, 1.82) is 0 Å². The van der Waals surface area contributed by atoms with Crippen molar-refractivity contribution in [1.82, 2.24) is 0 Å². The van der Waals surface area contributed by atoms with Crippen molar-refractivity contribution < 1.29 is 18.4 Å². The molecule has 0 radical (unpaired) electrons. The number of carbonyl (C=O) groups excluding carboxylic acids is 1. The molecule has 0 rings (SSSR count). The van der Waals surface area contributed by atoms with E-state index in [1.54, 1.807) is 0 Å². The summed E-state index contributed by atoms with van der Waals surface area (Å²) in [5.41, 5.74) is 0. The van der Waals surface area contributed by atoms with Crippen molar-refractivity contribution in [3.8, 4) is 0 Å². The van der Waals surface area contributed by atoms with Gasteiger partial charge in [-0.05, 0) is 32.9 Å². The molecule has 0 aliphatic carbocycles. The van der Waals surface area contributed by atoms with Gasteiger partial charge in [0.2, 0.25) is 0 Å². The molecule has 4 nitrogen and oxygen atoms in total. The molecule has 0 aliphatic heterocycles. The van der Waals surface area contributed by atoms with Crippen LogP contribution in [-0.4, -0.2) is 34.4 Å². The minimum absolute atomic E-state index is 0.349. The van der Waals surface area contributed by atoms with Crippen LogP contribution in [0.5, 0.6) is 0 Å². The average molecular weight is 274 g/mol. The Morgan fingerprint density at radius 3 is 2.28 bits per heavy atom. The van der Waals surface area contributed by atoms with Crippen molar-refractivity contribution in [2.45, 2.75) is 45.7 Å². The first-order valence-electron chi connectivity index (χ1n) is 6.65. The molecule has 0 unspecified atom stereocenters. The number of ether oxygens (including phenoxy) is 1. The zero-order chi connectivity index (χ0) is 13.9. The molecule has 0 bridgehead atoms. The highest BCUT2D eigenvalue weighted by Crippen LogP contribution is 2.17. The Bertz CT molecular complexity index is 237. The van der Waals surface area contributed by atoms with Crippen molar-refractivity contribution >= 4 is 14.5 Å². The van der Waals surface area contributed by atoms with E-state index >= 15 is 0 Å². The molecule has 0 saturated carbocycles. The number of rotatable bonds is 11. The first kappa shape index (κ1) is 17.3. The van der Waals surface area contributed by atoms with E-state index in [-0.39, 0.29) is 5.97 Å². The maximum Gasteiger partial charge on any atom is 0.334 e. The van der Waals surface area contributed by atoms with Gasteiger partial charge in [-0.25, -0.2) is 4.79 Å². The Balaban J connectivity index is 3.66. The minimum atomic E-state index is -1.96. The smallest absolute Gasteiger partial charge is 0.334 e. The molecule has 0 aliphatic rings. The van der Waals surface area contributed by atoms with Gasteiger partial charge in [-0.15, -0.1) is 0 Å². The fraction of sp³-hybridized carbons (Fsp3) is 0.769. The van der Waals surface area contributed by atoms with E-state index in [1.165, 1.54) is 6.08 Å². The summed E-state index contributed by atoms with van der Waals surface area (Å²) < 4.78 is 16.4. The lowest BCUT2D eigenvalue weighted by molar-refractivity contribution is -0.137. The summed E-state index contributed by atoms with van der Waals surface area (Å²) in [6.45, 7) is 11.3. The zero-order valence-corrected chi connectivity index (χ0v) is 12.9. The Morgan fingerprint density at radius 1 is 1.17 bits per heavy atom. The molecule has 0 aromatic rings. The van der Waals surface area contributed by atoms with Gasteiger partial charge in [0.05, 0.1) is 6.61 Å². The molecule has 0 saturated heterocycles. The van der Waals surface area contributed by atoms with Gasteiger partial charge in [0.15, 0.2) is 0 Å². The standard InChI is InChI=1S/C13H26O4Si/c1-5-13(14)15-11-9-8-10-12-18(4,16-6-2)17-7-3/h5H,1,6-12H2,2-4H3. The van der Waals surface area contributed by atoms with Gasteiger partial charge in [0, 0.05) is 19.3 Å². The van der Waals surface area contributed by atoms with Crippen molar-refractivity contribution in [2.24, 2.45) is 0 Å². The summed E-state index contributed by atoms with van der Waals surface area (Å²) in [7, 11) is -1.96. The zero-order valence-electron chi connectivity index (χ0n) is 11.9. The van der Waals surface area contributed by atoms with E-state index in [4.69, 9.17) is 13.6 Å². The Labute approximate surface area is 112 Å². The maximum absolute atomic E-state index is 10.8. The largest absolute Gasteiger partial charge is 0.463 e. The Hall–Kier alpha value is -0.653. The molecule has 0 fully saturated rings. The fourth-order valence-electron chi connectivity index (χ4n) is 1.75. The molecule has 0 heterocycles. The third kappa shape index (κ3) is 8.44. The average Bonchev–Trinajstić information content (AvgIpc) is 2.33. The molecule has 0 aromatic carbocycles. The fourth-order valence-corrected chi connectivity index (χ4v) is 4.24. The highest BCUT2D eigenvalue weighted by Gasteiger charge is 2.29. The molecule has 18 heavy (non-hydrogen) atoms. The molecule has 0 aromatic heterocycles. The predicted octanol–water partition coefficient (Wildman–Crippen LogP) is 3.03. The van der Waals surface area contributed by atoms with Crippen molar-refractivity contribution in [3.05, 3.63) is 12.7 Å². The lowest BCUT2D eigenvalue weighted by atomic mass is 10.3. The topological polar surface area (TPSA) is 44.8 Å². The van der Waals surface area contributed by atoms with E-state index in [2.05, 4.69) is 13.1 Å². The van der Waals surface area contributed by atoms with E-state index in [9.17, 15) is 4.79 Å². The summed E-state index contributed by atoms with van der Waals surface area (Å²) in [6, 6.07) is 0.990. The third-order valence-electron chi connectivity index (χ3n) is 2.59. The molecule has 0 atom stereocenters. The highest BCUT2D eigenvalue weighted by atomic mass is 28.4. The van der Waals surface area contributed by atoms with Crippen molar-refractivity contribution in [2.75, 3.05) is 19.8 Å². The van der Waals surface area contributed by atoms with Crippen LogP contribution in [0.1, 0.15) is 33.1 Å². The first-order chi connectivity index (χ1) is 8.58. The number of unbranched alkanes of at least 4 members (excludes halogenated alkanes) is 2. The second-order valence-electron chi connectivity index (χ2n) is 4.18. The molecule has 0 amide bonds. The second-order valence-corrected chi connectivity index (χ2v) is 7.53. The van der Waals surface area contributed by atoms with E-state index in [1.807, 2.05) is 13.8 Å². The lowest BCUT2D eigenvalue weighted by Crippen LogP contribution is -2.38. The van der Waals surface area contributed by atoms with Crippen LogP contribution in [0.25, 0.3) is 0 Å². The number of hydrogen-bond donors (Lipinski definition) is 0. The van der Waals surface area contributed by atoms with Gasteiger partial charge >= 0.3 is 14.5 Å². The molecule has 106 valence electrons. The van der Waals surface area contributed by atoms with Crippen LogP contribution in [0.15, 0.2) is 12.7 Å². The SMILES string of the molecule is C=CC(=O)OCCCCC[Si](C)(OCC)OCC. The van der Waals surface area contributed by atoms with Gasteiger partial charge in [0.1, 0.15) is 0 Å². The summed E-state index contributed by atoms with van der Waals surface area (Å²) in [6.07, 6.45) is 4.14. The Kier molecular flexibility index (Phi) is 9.91. The van der Waals surface area contributed by atoms with Crippen LogP contribution in [-0.2, 0) is 18.4 Å². The molecule has 0 N–H and O–H groups in total. The number of esters is 1. The third-order valence-corrected chi connectivity index (χ3v) is 5.65. The molecule has 5 heteroatoms. The quantitative estimate of drug-likeness (QED) is 0.251. The van der Waals surface area contributed by atoms with Crippen molar-refractivity contribution in [3.63, 3.8) is 0 Å². The highest BCUT2D eigenvalue weighted by molar-refractivity contribution is 6.66. The summed E-state index contributed by atoms with van der Waals surface area (Å²) in [5.74, 6) is -0.349. The van der Waals surface area contributed by atoms with Crippen LogP contribution in [0.4, 0.5) is 0 Å². The second kappa shape index (κ2) is 10.3. The molecule has 0 spiro atoms. The first-order valence-corrected chi connectivity index (χ1v) is 9.17. The van der Waals surface area contributed by atoms with Crippen LogP contribution in [0, 0.1) is 0 Å². The van der Waals surface area contributed by atoms with E-state index in [0.29, 0.717) is 19.8 Å². The van der Waals surface area contributed by atoms with Crippen LogP contribution in [0.3, 0.4) is 0 Å². The Morgan fingerprint density at radius 2 is 1.78 bits per heavy atom. The summed E-state index contributed by atoms with van der Waals surface area (Å²) in [5, 5.41) is 0. The summed E-state index contributed by atoms with van der Waals surface area (Å²) >= 11 is 0. The monoisotopic (exact) mass is 274 g/mol. The normalized spacial score (nSPS) is 11.3. The van der Waals surface area contributed by atoms with Crippen LogP contribution < -0.4 is 0 Å². The van der Waals surface area contributed by atoms with Gasteiger partial charge < -0.3 is 13.6 Å². The van der Waals surface area contributed by atoms with E-state index in [0.717, 1.165) is 25.3 Å². The van der Waals surface area contributed by atoms with E-state index < -0.39 is 8.56 Å². The van der Waals surface area contributed by atoms with Crippen LogP contribution in [0.2, 0.25) is 12.6 Å². The lowest BCUT2D eigenvalue weighted by Gasteiger charge is -2.25. The number of hydrogen-bond acceptors (Lipinski definition) is 4. The summed E-state index contributed by atoms with van der Waals surface area (Å²) in [4.78, 5) is 10.8. The van der Waals surface area contributed by atoms with Crippen LogP contribution >= 0.6 is 0 Å². The number of carbonyl (C=O) groups is 1. The van der Waals surface area contributed by atoms with Gasteiger partial charge in [-0.2, -0.15) is 0 Å². The minimum Gasteiger partial charge on any atom is -0.463 e. The maximum atomic E-state index is 10.8. The van der Waals surface area contributed by atoms with Gasteiger partial charge in [0.25, 0.3) is 0 Å². The molecular weight excluding hydrogens is 248 g/mol. The van der Waals surface area contributed by atoms with Gasteiger partial charge in [-0.1, -0.05) is 19.4 Å².